The second-order valence-electron chi connectivity index (χ2n) is 5.05. The fourth-order valence-electron chi connectivity index (χ4n) is 1.58. The Morgan fingerprint density at radius 3 is 2.12 bits per heavy atom. The molecule has 1 rings (SSSR count). The van der Waals surface area contributed by atoms with Gasteiger partial charge in [-0.1, -0.05) is 32.9 Å². The Kier molecular flexibility index (Phi) is 4.16. The van der Waals surface area contributed by atoms with Gasteiger partial charge in [-0.15, -0.1) is 0 Å². The van der Waals surface area contributed by atoms with E-state index in [1.165, 1.54) is 0 Å². The van der Waals surface area contributed by atoms with Gasteiger partial charge in [-0.3, -0.25) is 0 Å². The Bertz CT molecular complexity index is 391. The summed E-state index contributed by atoms with van der Waals surface area (Å²) in [6, 6.07) is 7.57. The average Bonchev–Trinajstić information content (AvgIpc) is 2.30. The van der Waals surface area contributed by atoms with Gasteiger partial charge in [-0.05, 0) is 30.2 Å². The Morgan fingerprint density at radius 2 is 1.76 bits per heavy atom. The monoisotopic (exact) mass is 235 g/mol. The zero-order chi connectivity index (χ0) is 13.1. The van der Waals surface area contributed by atoms with Gasteiger partial charge in [0.15, 0.2) is 0 Å². The molecule has 0 amide bonds. The highest BCUT2D eigenvalue weighted by molar-refractivity contribution is 6.04. The highest BCUT2D eigenvalue weighted by Gasteiger charge is 2.30. The standard InChI is InChI=1S/C14H21NO2/c1-10(2)14(3,4)13(15-16)11-6-8-12(17-5)9-7-11/h6-10,16H,1-5H3. The Morgan fingerprint density at radius 1 is 1.24 bits per heavy atom. The van der Waals surface area contributed by atoms with E-state index in [2.05, 4.69) is 32.9 Å². The Hall–Kier alpha value is -1.51. The first-order valence-corrected chi connectivity index (χ1v) is 5.80. The van der Waals surface area contributed by atoms with Gasteiger partial charge in [-0.2, -0.15) is 0 Å². The molecule has 0 unspecified atom stereocenters. The average molecular weight is 235 g/mol. The molecule has 3 heteroatoms. The number of hydrogen-bond acceptors (Lipinski definition) is 3. The molecule has 94 valence electrons. The van der Waals surface area contributed by atoms with Crippen molar-refractivity contribution in [2.75, 3.05) is 7.11 Å². The lowest BCUT2D eigenvalue weighted by Gasteiger charge is -2.30. The molecule has 0 atom stereocenters. The topological polar surface area (TPSA) is 41.8 Å². The highest BCUT2D eigenvalue weighted by Crippen LogP contribution is 2.31. The number of hydrogen-bond donors (Lipinski definition) is 1. The predicted molar refractivity (Wildman–Crippen MR) is 69.9 cm³/mol. The van der Waals surface area contributed by atoms with Crippen molar-refractivity contribution in [2.45, 2.75) is 27.7 Å². The van der Waals surface area contributed by atoms with Crippen LogP contribution >= 0.6 is 0 Å². The summed E-state index contributed by atoms with van der Waals surface area (Å²) in [6.45, 7) is 8.40. The van der Waals surface area contributed by atoms with Crippen LogP contribution < -0.4 is 4.74 Å². The van der Waals surface area contributed by atoms with Crippen molar-refractivity contribution in [1.29, 1.82) is 0 Å². The van der Waals surface area contributed by atoms with Crippen LogP contribution in [0.4, 0.5) is 0 Å². The molecule has 1 aromatic rings. The fourth-order valence-corrected chi connectivity index (χ4v) is 1.58. The van der Waals surface area contributed by atoms with E-state index < -0.39 is 0 Å². The van der Waals surface area contributed by atoms with Gasteiger partial charge in [0, 0.05) is 11.0 Å². The van der Waals surface area contributed by atoms with Crippen molar-refractivity contribution >= 4 is 5.71 Å². The van der Waals surface area contributed by atoms with E-state index >= 15 is 0 Å². The lowest BCUT2D eigenvalue weighted by atomic mass is 9.74. The van der Waals surface area contributed by atoms with Gasteiger partial charge < -0.3 is 9.94 Å². The van der Waals surface area contributed by atoms with Crippen molar-refractivity contribution in [3.05, 3.63) is 29.8 Å². The lowest BCUT2D eigenvalue weighted by Crippen LogP contribution is -2.30. The summed E-state index contributed by atoms with van der Waals surface area (Å²) in [6.07, 6.45) is 0. The van der Waals surface area contributed by atoms with Crippen molar-refractivity contribution in [3.63, 3.8) is 0 Å². The van der Waals surface area contributed by atoms with E-state index in [0.29, 0.717) is 11.6 Å². The van der Waals surface area contributed by atoms with Crippen LogP contribution in [0.2, 0.25) is 0 Å². The minimum absolute atomic E-state index is 0.177. The molecule has 0 aliphatic heterocycles. The third-order valence-corrected chi connectivity index (χ3v) is 3.52. The number of oxime groups is 1. The third kappa shape index (κ3) is 2.78. The van der Waals surface area contributed by atoms with Crippen molar-refractivity contribution < 1.29 is 9.94 Å². The van der Waals surface area contributed by atoms with Crippen molar-refractivity contribution in [1.82, 2.24) is 0 Å². The second-order valence-corrected chi connectivity index (χ2v) is 5.05. The maximum atomic E-state index is 9.25. The number of benzene rings is 1. The summed E-state index contributed by atoms with van der Waals surface area (Å²) in [5.41, 5.74) is 1.45. The first-order chi connectivity index (χ1) is 7.93. The van der Waals surface area contributed by atoms with Crippen molar-refractivity contribution in [3.8, 4) is 5.75 Å². The van der Waals surface area contributed by atoms with Crippen LogP contribution in [0.3, 0.4) is 0 Å². The van der Waals surface area contributed by atoms with Crippen LogP contribution in [-0.2, 0) is 0 Å². The van der Waals surface area contributed by atoms with Gasteiger partial charge in [0.1, 0.15) is 5.75 Å². The number of rotatable bonds is 4. The van der Waals surface area contributed by atoms with E-state index in [4.69, 9.17) is 4.74 Å². The molecule has 0 aliphatic rings. The van der Waals surface area contributed by atoms with Gasteiger partial charge >= 0.3 is 0 Å². The Balaban J connectivity index is 3.11. The van der Waals surface area contributed by atoms with Gasteiger partial charge in [0.2, 0.25) is 0 Å². The molecule has 1 N–H and O–H groups in total. The molecule has 0 aromatic heterocycles. The van der Waals surface area contributed by atoms with Gasteiger partial charge in [0.05, 0.1) is 12.8 Å². The molecule has 17 heavy (non-hydrogen) atoms. The van der Waals surface area contributed by atoms with E-state index in [9.17, 15) is 5.21 Å². The molecule has 0 fully saturated rings. The molecular formula is C14H21NO2. The summed E-state index contributed by atoms with van der Waals surface area (Å²) in [5, 5.41) is 12.7. The zero-order valence-corrected chi connectivity index (χ0v) is 11.2. The maximum absolute atomic E-state index is 9.25. The van der Waals surface area contributed by atoms with Gasteiger partial charge in [-0.25, -0.2) is 0 Å². The van der Waals surface area contributed by atoms with E-state index in [1.54, 1.807) is 7.11 Å². The molecule has 0 spiro atoms. The summed E-state index contributed by atoms with van der Waals surface area (Å²) < 4.78 is 5.11. The van der Waals surface area contributed by atoms with Crippen LogP contribution in [-0.4, -0.2) is 18.0 Å². The molecule has 0 radical (unpaired) electrons. The first-order valence-electron chi connectivity index (χ1n) is 5.80. The molecule has 0 saturated heterocycles. The minimum atomic E-state index is -0.177. The SMILES string of the molecule is COc1ccc(C(=NO)C(C)(C)C(C)C)cc1. The smallest absolute Gasteiger partial charge is 0.118 e. The normalized spacial score (nSPS) is 12.9. The van der Waals surface area contributed by atoms with Crippen LogP contribution in [0.15, 0.2) is 29.4 Å². The van der Waals surface area contributed by atoms with Gasteiger partial charge in [0.25, 0.3) is 0 Å². The molecule has 1 aromatic carbocycles. The van der Waals surface area contributed by atoms with Crippen molar-refractivity contribution in [2.24, 2.45) is 16.5 Å². The summed E-state index contributed by atoms with van der Waals surface area (Å²) in [7, 11) is 1.63. The minimum Gasteiger partial charge on any atom is -0.497 e. The molecule has 0 heterocycles. The zero-order valence-electron chi connectivity index (χ0n) is 11.2. The van der Waals surface area contributed by atoms with Crippen LogP contribution in [0.1, 0.15) is 33.3 Å². The summed E-state index contributed by atoms with van der Waals surface area (Å²) in [4.78, 5) is 0. The van der Waals surface area contributed by atoms with E-state index in [-0.39, 0.29) is 5.41 Å². The number of nitrogens with zero attached hydrogens (tertiary/aromatic N) is 1. The van der Waals surface area contributed by atoms with E-state index in [1.807, 2.05) is 24.3 Å². The number of ether oxygens (including phenoxy) is 1. The fraction of sp³-hybridized carbons (Fsp3) is 0.500. The maximum Gasteiger partial charge on any atom is 0.118 e. The Labute approximate surface area is 103 Å². The highest BCUT2D eigenvalue weighted by atomic mass is 16.5. The largest absolute Gasteiger partial charge is 0.497 e. The van der Waals surface area contributed by atoms with E-state index in [0.717, 1.165) is 11.3 Å². The van der Waals surface area contributed by atoms with Crippen LogP contribution in [0.25, 0.3) is 0 Å². The molecular weight excluding hydrogens is 214 g/mol. The summed E-state index contributed by atoms with van der Waals surface area (Å²) in [5.74, 6) is 1.18. The van der Waals surface area contributed by atoms with Crippen LogP contribution in [0, 0.1) is 11.3 Å². The first kappa shape index (κ1) is 13.6. The molecule has 0 bridgehead atoms. The predicted octanol–water partition coefficient (Wildman–Crippen LogP) is 3.56. The molecule has 0 saturated carbocycles. The third-order valence-electron chi connectivity index (χ3n) is 3.52. The van der Waals surface area contributed by atoms with Crippen LogP contribution in [0.5, 0.6) is 5.75 Å². The molecule has 3 nitrogen and oxygen atoms in total. The number of methoxy groups -OCH3 is 1. The second kappa shape index (κ2) is 5.21. The molecule has 0 aliphatic carbocycles. The summed E-state index contributed by atoms with van der Waals surface area (Å²) >= 11 is 0. The quantitative estimate of drug-likeness (QED) is 0.492. The lowest BCUT2D eigenvalue weighted by molar-refractivity contribution is 0.294.